The van der Waals surface area contributed by atoms with Crippen LogP contribution in [0.2, 0.25) is 0 Å². The van der Waals surface area contributed by atoms with Gasteiger partial charge in [0.2, 0.25) is 0 Å². The molecule has 0 radical (unpaired) electrons. The highest BCUT2D eigenvalue weighted by Crippen LogP contribution is 2.26. The fraction of sp³-hybridized carbons (Fsp3) is 0.667. The van der Waals surface area contributed by atoms with Gasteiger partial charge in [0.15, 0.2) is 9.90 Å². The summed E-state index contributed by atoms with van der Waals surface area (Å²) in [6, 6.07) is -0.0728. The van der Waals surface area contributed by atoms with Crippen LogP contribution < -0.4 is 4.72 Å². The average Bonchev–Trinajstić information content (AvgIpc) is 2.87. The summed E-state index contributed by atoms with van der Waals surface area (Å²) in [5, 5.41) is 0. The van der Waals surface area contributed by atoms with Gasteiger partial charge in [-0.1, -0.05) is 19.8 Å². The molecule has 1 heterocycles. The normalized spacial score (nSPS) is 23.5. The largest absolute Gasteiger partial charge is 0.464 e. The lowest BCUT2D eigenvalue weighted by Gasteiger charge is -2.27. The molecule has 0 aromatic carbocycles. The summed E-state index contributed by atoms with van der Waals surface area (Å²) in [5.74, 6) is -0.221. The average molecular weight is 318 g/mol. The number of thiazole rings is 1. The van der Waals surface area contributed by atoms with E-state index in [4.69, 9.17) is 0 Å². The molecule has 0 saturated heterocycles. The van der Waals surface area contributed by atoms with E-state index in [-0.39, 0.29) is 15.9 Å². The van der Waals surface area contributed by atoms with E-state index < -0.39 is 16.0 Å². The zero-order valence-electron chi connectivity index (χ0n) is 11.5. The fourth-order valence-electron chi connectivity index (χ4n) is 2.47. The molecule has 1 N–H and O–H groups in total. The van der Waals surface area contributed by atoms with Crippen molar-refractivity contribution < 1.29 is 17.9 Å². The molecule has 1 saturated carbocycles. The number of carbonyl (C=O) groups is 1. The van der Waals surface area contributed by atoms with Crippen LogP contribution >= 0.6 is 11.3 Å². The Balaban J connectivity index is 2.18. The van der Waals surface area contributed by atoms with E-state index in [1.54, 1.807) is 0 Å². The van der Waals surface area contributed by atoms with E-state index >= 15 is 0 Å². The molecular weight excluding hydrogens is 300 g/mol. The topological polar surface area (TPSA) is 85.4 Å². The second-order valence-electron chi connectivity index (χ2n) is 5.07. The SMILES string of the molecule is COC(=O)c1ncsc1S(=O)(=O)NC1CCCC(C)C1. The number of hydrogen-bond donors (Lipinski definition) is 1. The Morgan fingerprint density at radius 2 is 2.25 bits per heavy atom. The first kappa shape index (κ1) is 15.4. The first-order chi connectivity index (χ1) is 9.44. The molecule has 1 aliphatic carbocycles. The van der Waals surface area contributed by atoms with Crippen molar-refractivity contribution in [2.45, 2.75) is 42.9 Å². The third-order valence-corrected chi connectivity index (χ3v) is 6.31. The summed E-state index contributed by atoms with van der Waals surface area (Å²) in [5.41, 5.74) is 1.19. The molecule has 20 heavy (non-hydrogen) atoms. The minimum atomic E-state index is -3.72. The van der Waals surface area contributed by atoms with Crippen LogP contribution in [0.4, 0.5) is 0 Å². The zero-order valence-corrected chi connectivity index (χ0v) is 13.1. The summed E-state index contributed by atoms with van der Waals surface area (Å²) in [6.07, 6.45) is 3.80. The van der Waals surface area contributed by atoms with Gasteiger partial charge in [-0.2, -0.15) is 0 Å². The molecule has 1 aliphatic rings. The Labute approximate surface area is 122 Å². The summed E-state index contributed by atoms with van der Waals surface area (Å²) in [6.45, 7) is 2.12. The lowest BCUT2D eigenvalue weighted by molar-refractivity contribution is 0.0590. The van der Waals surface area contributed by atoms with Gasteiger partial charge in [-0.05, 0) is 18.8 Å². The van der Waals surface area contributed by atoms with E-state index in [1.165, 1.54) is 12.6 Å². The van der Waals surface area contributed by atoms with Gasteiger partial charge in [-0.3, -0.25) is 0 Å². The molecule has 1 aromatic rings. The molecule has 0 aliphatic heterocycles. The Bertz CT molecular complexity index is 582. The van der Waals surface area contributed by atoms with Crippen molar-refractivity contribution in [1.82, 2.24) is 9.71 Å². The molecule has 1 fully saturated rings. The van der Waals surface area contributed by atoms with Gasteiger partial charge >= 0.3 is 5.97 Å². The predicted octanol–water partition coefficient (Wildman–Crippen LogP) is 1.79. The van der Waals surface area contributed by atoms with Gasteiger partial charge in [0.1, 0.15) is 0 Å². The van der Waals surface area contributed by atoms with Gasteiger partial charge in [0, 0.05) is 6.04 Å². The number of sulfonamides is 1. The van der Waals surface area contributed by atoms with Crippen molar-refractivity contribution in [3.05, 3.63) is 11.2 Å². The summed E-state index contributed by atoms with van der Waals surface area (Å²) >= 11 is 0.927. The Hall–Kier alpha value is -0.990. The molecule has 8 heteroatoms. The van der Waals surface area contributed by atoms with Crippen LogP contribution in [0.5, 0.6) is 0 Å². The lowest BCUT2D eigenvalue weighted by Crippen LogP contribution is -2.38. The minimum Gasteiger partial charge on any atom is -0.464 e. The van der Waals surface area contributed by atoms with Crippen LogP contribution in [0.1, 0.15) is 43.1 Å². The second-order valence-corrected chi connectivity index (χ2v) is 7.83. The summed E-state index contributed by atoms with van der Waals surface area (Å²) in [7, 11) is -2.52. The number of ether oxygens (including phenoxy) is 1. The predicted molar refractivity (Wildman–Crippen MR) is 75.2 cm³/mol. The number of carbonyl (C=O) groups excluding carboxylic acids is 1. The first-order valence-corrected chi connectivity index (χ1v) is 8.84. The number of nitrogens with zero attached hydrogens (tertiary/aromatic N) is 1. The molecule has 2 unspecified atom stereocenters. The molecule has 0 amide bonds. The highest BCUT2D eigenvalue weighted by molar-refractivity contribution is 7.91. The Morgan fingerprint density at radius 3 is 2.90 bits per heavy atom. The molecule has 6 nitrogen and oxygen atoms in total. The maximum Gasteiger partial charge on any atom is 0.358 e. The maximum atomic E-state index is 12.4. The smallest absolute Gasteiger partial charge is 0.358 e. The zero-order chi connectivity index (χ0) is 14.8. The van der Waals surface area contributed by atoms with Crippen LogP contribution in [0.3, 0.4) is 0 Å². The molecule has 2 rings (SSSR count). The van der Waals surface area contributed by atoms with Crippen LogP contribution in [-0.4, -0.2) is 32.5 Å². The number of rotatable bonds is 4. The van der Waals surface area contributed by atoms with Gasteiger partial charge in [0.05, 0.1) is 12.6 Å². The van der Waals surface area contributed by atoms with E-state index in [2.05, 4.69) is 21.4 Å². The van der Waals surface area contributed by atoms with Gasteiger partial charge in [-0.15, -0.1) is 11.3 Å². The summed E-state index contributed by atoms with van der Waals surface area (Å²) < 4.78 is 31.9. The van der Waals surface area contributed by atoms with Crippen molar-refractivity contribution in [2.24, 2.45) is 5.92 Å². The van der Waals surface area contributed by atoms with Crippen LogP contribution in [0, 0.1) is 5.92 Å². The standard InChI is InChI=1S/C12H18N2O4S2/c1-8-4-3-5-9(6-8)14-20(16,17)12-10(11(15)18-2)13-7-19-12/h7-9,14H,3-6H2,1-2H3. The van der Waals surface area contributed by atoms with Crippen LogP contribution in [-0.2, 0) is 14.8 Å². The highest BCUT2D eigenvalue weighted by Gasteiger charge is 2.30. The van der Waals surface area contributed by atoms with E-state index in [1.807, 2.05) is 0 Å². The van der Waals surface area contributed by atoms with Crippen molar-refractivity contribution >= 4 is 27.3 Å². The summed E-state index contributed by atoms with van der Waals surface area (Å²) in [4.78, 5) is 15.3. The monoisotopic (exact) mass is 318 g/mol. The highest BCUT2D eigenvalue weighted by atomic mass is 32.2. The van der Waals surface area contributed by atoms with Gasteiger partial charge in [-0.25, -0.2) is 22.9 Å². The fourth-order valence-corrected chi connectivity index (χ4v) is 4.91. The van der Waals surface area contributed by atoms with Gasteiger partial charge < -0.3 is 4.74 Å². The Morgan fingerprint density at radius 1 is 1.50 bits per heavy atom. The van der Waals surface area contributed by atoms with Crippen LogP contribution in [0.15, 0.2) is 9.72 Å². The van der Waals surface area contributed by atoms with Crippen molar-refractivity contribution in [2.75, 3.05) is 7.11 Å². The van der Waals surface area contributed by atoms with Gasteiger partial charge in [0.25, 0.3) is 10.0 Å². The quantitative estimate of drug-likeness (QED) is 0.855. The number of hydrogen-bond acceptors (Lipinski definition) is 6. The van der Waals surface area contributed by atoms with Crippen molar-refractivity contribution in [1.29, 1.82) is 0 Å². The molecule has 1 aromatic heterocycles. The second kappa shape index (κ2) is 6.19. The molecule has 2 atom stereocenters. The molecule has 112 valence electrons. The van der Waals surface area contributed by atoms with Crippen LogP contribution in [0.25, 0.3) is 0 Å². The minimum absolute atomic E-state index is 0.0671. The number of nitrogens with one attached hydrogen (secondary N) is 1. The van der Waals surface area contributed by atoms with E-state index in [9.17, 15) is 13.2 Å². The van der Waals surface area contributed by atoms with Crippen molar-refractivity contribution in [3.63, 3.8) is 0 Å². The van der Waals surface area contributed by atoms with E-state index in [0.717, 1.165) is 37.0 Å². The maximum absolute atomic E-state index is 12.4. The molecule has 0 spiro atoms. The third kappa shape index (κ3) is 3.36. The number of aromatic nitrogens is 1. The Kier molecular flexibility index (Phi) is 4.77. The third-order valence-electron chi connectivity index (χ3n) is 3.42. The number of esters is 1. The van der Waals surface area contributed by atoms with Crippen molar-refractivity contribution in [3.8, 4) is 0 Å². The lowest BCUT2D eigenvalue weighted by atomic mass is 9.88. The molecular formula is C12H18N2O4S2. The van der Waals surface area contributed by atoms with E-state index in [0.29, 0.717) is 5.92 Å². The first-order valence-electron chi connectivity index (χ1n) is 6.48. The number of methoxy groups -OCH3 is 1. The molecule has 0 bridgehead atoms.